The fourth-order valence-electron chi connectivity index (χ4n) is 3.53. The predicted octanol–water partition coefficient (Wildman–Crippen LogP) is 5.52. The molecule has 0 radical (unpaired) electrons. The summed E-state index contributed by atoms with van der Waals surface area (Å²) in [5, 5.41) is 5.40. The highest BCUT2D eigenvalue weighted by Gasteiger charge is 2.18. The molecule has 0 aliphatic rings. The predicted molar refractivity (Wildman–Crippen MR) is 109 cm³/mol. The van der Waals surface area contributed by atoms with Gasteiger partial charge in [-0.1, -0.05) is 24.3 Å². The van der Waals surface area contributed by atoms with Crippen molar-refractivity contribution >= 4 is 32.9 Å². The van der Waals surface area contributed by atoms with Gasteiger partial charge in [0.05, 0.1) is 11.4 Å². The molecule has 24 heavy (non-hydrogen) atoms. The van der Waals surface area contributed by atoms with E-state index in [1.165, 1.54) is 44.0 Å². The molecule has 0 spiro atoms. The maximum atomic E-state index is 2.37. The summed E-state index contributed by atoms with van der Waals surface area (Å²) < 4.78 is 0. The second kappa shape index (κ2) is 6.35. The van der Waals surface area contributed by atoms with Gasteiger partial charge in [0.2, 0.25) is 0 Å². The SMILES string of the molecule is CCN(C)c1c2ccccc2c(N(C)CC)c2cc(C)c(C)cc12. The highest BCUT2D eigenvalue weighted by Crippen LogP contribution is 2.43. The largest absolute Gasteiger partial charge is 0.374 e. The van der Waals surface area contributed by atoms with Crippen LogP contribution in [0.15, 0.2) is 36.4 Å². The Balaban J connectivity index is 2.59. The summed E-state index contributed by atoms with van der Waals surface area (Å²) in [6.45, 7) is 10.8. The molecule has 126 valence electrons. The van der Waals surface area contributed by atoms with Gasteiger partial charge in [0, 0.05) is 48.7 Å². The monoisotopic (exact) mass is 320 g/mol. The van der Waals surface area contributed by atoms with Crippen LogP contribution in [-0.4, -0.2) is 27.2 Å². The molecule has 0 aliphatic heterocycles. The first-order valence-electron chi connectivity index (χ1n) is 8.87. The van der Waals surface area contributed by atoms with Crippen LogP contribution in [0.3, 0.4) is 0 Å². The van der Waals surface area contributed by atoms with E-state index in [4.69, 9.17) is 0 Å². The van der Waals surface area contributed by atoms with Gasteiger partial charge in [0.25, 0.3) is 0 Å². The number of anilines is 2. The summed E-state index contributed by atoms with van der Waals surface area (Å²) in [5.41, 5.74) is 5.40. The maximum Gasteiger partial charge on any atom is 0.0524 e. The normalized spacial score (nSPS) is 11.2. The number of rotatable bonds is 4. The number of hydrogen-bond donors (Lipinski definition) is 0. The average molecular weight is 320 g/mol. The first-order valence-corrected chi connectivity index (χ1v) is 8.87. The molecule has 0 aromatic heterocycles. The van der Waals surface area contributed by atoms with Crippen LogP contribution in [-0.2, 0) is 0 Å². The molecule has 0 aliphatic carbocycles. The molecule has 3 aromatic rings. The van der Waals surface area contributed by atoms with Gasteiger partial charge in [0.15, 0.2) is 0 Å². The standard InChI is InChI=1S/C22H28N2/c1-7-23(5)21-17-11-9-10-12-18(17)22(24(6)8-2)20-14-16(4)15(3)13-19(20)21/h9-14H,7-8H2,1-6H3. The van der Waals surface area contributed by atoms with Gasteiger partial charge < -0.3 is 9.80 Å². The zero-order chi connectivity index (χ0) is 17.4. The smallest absolute Gasteiger partial charge is 0.0524 e. The van der Waals surface area contributed by atoms with Crippen LogP contribution in [0, 0.1) is 13.8 Å². The van der Waals surface area contributed by atoms with E-state index in [1.54, 1.807) is 0 Å². The van der Waals surface area contributed by atoms with Crippen molar-refractivity contribution in [1.82, 2.24) is 0 Å². The van der Waals surface area contributed by atoms with Crippen molar-refractivity contribution in [2.24, 2.45) is 0 Å². The van der Waals surface area contributed by atoms with E-state index >= 15 is 0 Å². The maximum absolute atomic E-state index is 2.37. The van der Waals surface area contributed by atoms with Crippen molar-refractivity contribution < 1.29 is 0 Å². The molecule has 0 bridgehead atoms. The highest BCUT2D eigenvalue weighted by atomic mass is 15.1. The van der Waals surface area contributed by atoms with Gasteiger partial charge in [-0.2, -0.15) is 0 Å². The lowest BCUT2D eigenvalue weighted by molar-refractivity contribution is 0.972. The topological polar surface area (TPSA) is 6.48 Å². The summed E-state index contributed by atoms with van der Waals surface area (Å²) in [6.07, 6.45) is 0. The molecule has 2 heteroatoms. The number of benzene rings is 3. The molecule has 0 atom stereocenters. The van der Waals surface area contributed by atoms with E-state index in [0.717, 1.165) is 13.1 Å². The van der Waals surface area contributed by atoms with Crippen molar-refractivity contribution in [2.45, 2.75) is 27.7 Å². The Morgan fingerprint density at radius 1 is 0.667 bits per heavy atom. The number of aryl methyl sites for hydroxylation is 2. The fraction of sp³-hybridized carbons (Fsp3) is 0.364. The molecule has 0 fully saturated rings. The minimum atomic E-state index is 0.995. The first-order chi connectivity index (χ1) is 11.5. The lowest BCUT2D eigenvalue weighted by Gasteiger charge is -2.28. The second-order valence-corrected chi connectivity index (χ2v) is 6.75. The van der Waals surface area contributed by atoms with Crippen molar-refractivity contribution in [2.75, 3.05) is 37.0 Å². The number of hydrogen-bond acceptors (Lipinski definition) is 2. The van der Waals surface area contributed by atoms with Gasteiger partial charge in [-0.3, -0.25) is 0 Å². The van der Waals surface area contributed by atoms with E-state index in [-0.39, 0.29) is 0 Å². The molecule has 0 N–H and O–H groups in total. The van der Waals surface area contributed by atoms with Gasteiger partial charge in [-0.05, 0) is 51.0 Å². The van der Waals surface area contributed by atoms with E-state index < -0.39 is 0 Å². The van der Waals surface area contributed by atoms with Crippen LogP contribution < -0.4 is 9.80 Å². The van der Waals surface area contributed by atoms with E-state index in [2.05, 4.69) is 88.0 Å². The molecule has 2 nitrogen and oxygen atoms in total. The van der Waals surface area contributed by atoms with Gasteiger partial charge in [-0.15, -0.1) is 0 Å². The Hall–Kier alpha value is -2.22. The van der Waals surface area contributed by atoms with Crippen molar-refractivity contribution in [3.05, 3.63) is 47.5 Å². The first kappa shape index (κ1) is 16.6. The third-order valence-corrected chi connectivity index (χ3v) is 5.29. The highest BCUT2D eigenvalue weighted by molar-refractivity contribution is 6.20. The zero-order valence-corrected chi connectivity index (χ0v) is 15.8. The van der Waals surface area contributed by atoms with Gasteiger partial charge in [-0.25, -0.2) is 0 Å². The number of nitrogens with zero attached hydrogens (tertiary/aromatic N) is 2. The average Bonchev–Trinajstić information content (AvgIpc) is 2.59. The molecule has 0 unspecified atom stereocenters. The third kappa shape index (κ3) is 2.50. The Morgan fingerprint density at radius 2 is 1.04 bits per heavy atom. The second-order valence-electron chi connectivity index (χ2n) is 6.75. The van der Waals surface area contributed by atoms with Gasteiger partial charge >= 0.3 is 0 Å². The molecule has 3 aromatic carbocycles. The fourth-order valence-corrected chi connectivity index (χ4v) is 3.53. The van der Waals surface area contributed by atoms with Crippen molar-refractivity contribution in [3.63, 3.8) is 0 Å². The molecule has 0 amide bonds. The molecular formula is C22H28N2. The Kier molecular flexibility index (Phi) is 4.40. The summed E-state index contributed by atoms with van der Waals surface area (Å²) >= 11 is 0. The quantitative estimate of drug-likeness (QED) is 0.461. The van der Waals surface area contributed by atoms with Crippen LogP contribution in [0.2, 0.25) is 0 Å². The van der Waals surface area contributed by atoms with Crippen LogP contribution in [0.1, 0.15) is 25.0 Å². The van der Waals surface area contributed by atoms with E-state index in [9.17, 15) is 0 Å². The molecular weight excluding hydrogens is 292 g/mol. The third-order valence-electron chi connectivity index (χ3n) is 5.29. The van der Waals surface area contributed by atoms with Crippen LogP contribution in [0.25, 0.3) is 21.5 Å². The van der Waals surface area contributed by atoms with Crippen molar-refractivity contribution in [3.8, 4) is 0 Å². The minimum absolute atomic E-state index is 0.995. The lowest BCUT2D eigenvalue weighted by atomic mass is 9.94. The Morgan fingerprint density at radius 3 is 1.38 bits per heavy atom. The Bertz CT molecular complexity index is 821. The molecule has 3 rings (SSSR count). The van der Waals surface area contributed by atoms with Crippen LogP contribution >= 0.6 is 0 Å². The molecule has 0 saturated carbocycles. The summed E-state index contributed by atoms with van der Waals surface area (Å²) in [4.78, 5) is 4.74. The van der Waals surface area contributed by atoms with Gasteiger partial charge in [0.1, 0.15) is 0 Å². The van der Waals surface area contributed by atoms with Crippen molar-refractivity contribution in [1.29, 1.82) is 0 Å². The lowest BCUT2D eigenvalue weighted by Crippen LogP contribution is -2.20. The molecule has 0 saturated heterocycles. The minimum Gasteiger partial charge on any atom is -0.374 e. The van der Waals surface area contributed by atoms with E-state index in [0.29, 0.717) is 0 Å². The van der Waals surface area contributed by atoms with E-state index in [1.807, 2.05) is 0 Å². The summed E-state index contributed by atoms with van der Waals surface area (Å²) in [5.74, 6) is 0. The van der Waals surface area contributed by atoms with Crippen LogP contribution in [0.4, 0.5) is 11.4 Å². The zero-order valence-electron chi connectivity index (χ0n) is 15.8. The summed E-state index contributed by atoms with van der Waals surface area (Å²) in [7, 11) is 4.39. The molecule has 0 heterocycles. The van der Waals surface area contributed by atoms with Crippen LogP contribution in [0.5, 0.6) is 0 Å². The number of fused-ring (bicyclic) bond motifs is 2. The summed E-state index contributed by atoms with van der Waals surface area (Å²) in [6, 6.07) is 13.6. The Labute approximate surface area is 145 Å².